The van der Waals surface area contributed by atoms with Gasteiger partial charge < -0.3 is 4.74 Å². The average molecular weight is 351 g/mol. The highest BCUT2D eigenvalue weighted by atomic mass is 32.2. The van der Waals surface area contributed by atoms with Crippen molar-refractivity contribution in [3.63, 3.8) is 0 Å². The number of nitrogens with zero attached hydrogens (tertiary/aromatic N) is 3. The van der Waals surface area contributed by atoms with Crippen molar-refractivity contribution in [1.29, 1.82) is 0 Å². The molecule has 0 aliphatic carbocycles. The second-order valence-electron chi connectivity index (χ2n) is 5.59. The monoisotopic (exact) mass is 351 g/mol. The summed E-state index contributed by atoms with van der Waals surface area (Å²) in [6.45, 7) is 6.50. The zero-order chi connectivity index (χ0) is 17.5. The van der Waals surface area contributed by atoms with E-state index < -0.39 is 0 Å². The van der Waals surface area contributed by atoms with E-state index in [4.69, 9.17) is 4.74 Å². The third-order valence-corrected chi connectivity index (χ3v) is 4.73. The first kappa shape index (κ1) is 17.3. The van der Waals surface area contributed by atoms with Gasteiger partial charge in [0.05, 0.1) is 0 Å². The van der Waals surface area contributed by atoms with Gasteiger partial charge in [-0.05, 0) is 24.6 Å². The van der Waals surface area contributed by atoms with E-state index in [9.17, 15) is 0 Å². The van der Waals surface area contributed by atoms with Gasteiger partial charge >= 0.3 is 0 Å². The maximum atomic E-state index is 6.00. The molecule has 5 heteroatoms. The molecule has 2 aromatic carbocycles. The van der Waals surface area contributed by atoms with Crippen LogP contribution in [-0.4, -0.2) is 14.8 Å². The maximum Gasteiger partial charge on any atom is 0.191 e. The smallest absolute Gasteiger partial charge is 0.191 e. The fourth-order valence-corrected chi connectivity index (χ4v) is 3.40. The van der Waals surface area contributed by atoms with E-state index in [1.807, 2.05) is 61.5 Å². The van der Waals surface area contributed by atoms with Crippen LogP contribution in [0.15, 0.2) is 78.5 Å². The number of hydrogen-bond acceptors (Lipinski definition) is 4. The summed E-state index contributed by atoms with van der Waals surface area (Å²) in [4.78, 5) is 0. The molecule has 0 amide bonds. The van der Waals surface area contributed by atoms with Crippen LogP contribution in [0.2, 0.25) is 0 Å². The summed E-state index contributed by atoms with van der Waals surface area (Å²) in [5.41, 5.74) is 1.26. The summed E-state index contributed by atoms with van der Waals surface area (Å²) in [5.74, 6) is 2.48. The largest absolute Gasteiger partial charge is 0.483 e. The Balaban J connectivity index is 1.75. The molecular formula is C20H21N3OS. The van der Waals surface area contributed by atoms with Crippen molar-refractivity contribution in [1.82, 2.24) is 14.8 Å². The quantitative estimate of drug-likeness (QED) is 0.428. The minimum atomic E-state index is -0.194. The number of benzene rings is 2. The Kier molecular flexibility index (Phi) is 5.90. The lowest BCUT2D eigenvalue weighted by Crippen LogP contribution is -2.12. The molecule has 0 aliphatic heterocycles. The molecule has 4 nitrogen and oxygen atoms in total. The lowest BCUT2D eigenvalue weighted by atomic mass is 10.2. The molecule has 1 atom stereocenters. The molecular weight excluding hydrogens is 330 g/mol. The fraction of sp³-hybridized carbons (Fsp3) is 0.200. The SMILES string of the molecule is C=CCn1c(SCc2ccccc2)nnc1[C@@H](C)Oc1ccccc1. The first-order chi connectivity index (χ1) is 12.3. The molecule has 3 aromatic rings. The molecule has 0 aliphatic rings. The second-order valence-corrected chi connectivity index (χ2v) is 6.53. The van der Waals surface area contributed by atoms with Gasteiger partial charge in [-0.25, -0.2) is 0 Å². The summed E-state index contributed by atoms with van der Waals surface area (Å²) in [6.07, 6.45) is 1.66. The van der Waals surface area contributed by atoms with E-state index in [0.717, 1.165) is 22.5 Å². The Morgan fingerprint density at radius 1 is 1.08 bits per heavy atom. The molecule has 0 fully saturated rings. The number of allylic oxidation sites excluding steroid dienone is 1. The highest BCUT2D eigenvalue weighted by Gasteiger charge is 2.19. The van der Waals surface area contributed by atoms with Crippen LogP contribution in [0.4, 0.5) is 0 Å². The van der Waals surface area contributed by atoms with Crippen LogP contribution in [0.5, 0.6) is 5.75 Å². The molecule has 1 aromatic heterocycles. The zero-order valence-electron chi connectivity index (χ0n) is 14.2. The van der Waals surface area contributed by atoms with Gasteiger partial charge in [0.15, 0.2) is 17.1 Å². The van der Waals surface area contributed by atoms with Gasteiger partial charge in [-0.2, -0.15) is 0 Å². The highest BCUT2D eigenvalue weighted by molar-refractivity contribution is 7.98. The third kappa shape index (κ3) is 4.51. The van der Waals surface area contributed by atoms with E-state index in [-0.39, 0.29) is 6.10 Å². The summed E-state index contributed by atoms with van der Waals surface area (Å²) in [5, 5.41) is 9.60. The molecule has 0 bridgehead atoms. The van der Waals surface area contributed by atoms with Crippen LogP contribution in [0.25, 0.3) is 0 Å². The number of hydrogen-bond donors (Lipinski definition) is 0. The number of aromatic nitrogens is 3. The molecule has 1 heterocycles. The van der Waals surface area contributed by atoms with Gasteiger partial charge in [0, 0.05) is 12.3 Å². The molecule has 0 unspecified atom stereocenters. The lowest BCUT2D eigenvalue weighted by Gasteiger charge is -2.15. The molecule has 3 rings (SSSR count). The summed E-state index contributed by atoms with van der Waals surface area (Å²) in [6, 6.07) is 20.1. The Morgan fingerprint density at radius 2 is 1.76 bits per heavy atom. The zero-order valence-corrected chi connectivity index (χ0v) is 15.0. The summed E-state index contributed by atoms with van der Waals surface area (Å²) in [7, 11) is 0. The first-order valence-corrected chi connectivity index (χ1v) is 9.19. The van der Waals surface area contributed by atoms with E-state index in [1.165, 1.54) is 5.56 Å². The van der Waals surface area contributed by atoms with Crippen LogP contribution in [0.1, 0.15) is 24.4 Å². The Bertz CT molecular complexity index is 802. The van der Waals surface area contributed by atoms with E-state index in [2.05, 4.69) is 33.5 Å². The molecule has 128 valence electrons. The van der Waals surface area contributed by atoms with Crippen LogP contribution in [-0.2, 0) is 12.3 Å². The molecule has 0 spiro atoms. The predicted octanol–water partition coefficient (Wildman–Crippen LogP) is 4.90. The normalized spacial score (nSPS) is 11.9. The van der Waals surface area contributed by atoms with Crippen molar-refractivity contribution in [2.75, 3.05) is 0 Å². The van der Waals surface area contributed by atoms with Crippen molar-refractivity contribution in [3.8, 4) is 5.75 Å². The van der Waals surface area contributed by atoms with Crippen LogP contribution in [0, 0.1) is 0 Å². The van der Waals surface area contributed by atoms with Crippen LogP contribution < -0.4 is 4.74 Å². The lowest BCUT2D eigenvalue weighted by molar-refractivity contribution is 0.210. The molecule has 0 saturated carbocycles. The van der Waals surface area contributed by atoms with Crippen molar-refractivity contribution in [3.05, 3.63) is 84.7 Å². The van der Waals surface area contributed by atoms with E-state index in [1.54, 1.807) is 11.8 Å². The van der Waals surface area contributed by atoms with Crippen LogP contribution in [0.3, 0.4) is 0 Å². The standard InChI is InChI=1S/C20H21N3OS/c1-3-14-23-19(16(2)24-18-12-8-5-9-13-18)21-22-20(23)25-15-17-10-6-4-7-11-17/h3-13,16H,1,14-15H2,2H3/t16-/m1/s1. The fourth-order valence-electron chi connectivity index (χ4n) is 2.49. The van der Waals surface area contributed by atoms with Gasteiger partial charge in [0.1, 0.15) is 5.75 Å². The maximum absolute atomic E-state index is 6.00. The van der Waals surface area contributed by atoms with Crippen molar-refractivity contribution >= 4 is 11.8 Å². The number of para-hydroxylation sites is 1. The number of thioether (sulfide) groups is 1. The topological polar surface area (TPSA) is 39.9 Å². The summed E-state index contributed by atoms with van der Waals surface area (Å²) >= 11 is 1.67. The Morgan fingerprint density at radius 3 is 2.44 bits per heavy atom. The molecule has 25 heavy (non-hydrogen) atoms. The van der Waals surface area contributed by atoms with Crippen molar-refractivity contribution in [2.45, 2.75) is 30.5 Å². The third-order valence-electron chi connectivity index (χ3n) is 3.69. The minimum absolute atomic E-state index is 0.194. The minimum Gasteiger partial charge on any atom is -0.483 e. The van der Waals surface area contributed by atoms with Gasteiger partial charge in [0.25, 0.3) is 0 Å². The van der Waals surface area contributed by atoms with E-state index >= 15 is 0 Å². The van der Waals surface area contributed by atoms with Gasteiger partial charge in [-0.1, -0.05) is 66.4 Å². The number of ether oxygens (including phenoxy) is 1. The molecule has 0 radical (unpaired) electrons. The van der Waals surface area contributed by atoms with Crippen LogP contribution >= 0.6 is 11.8 Å². The van der Waals surface area contributed by atoms with Gasteiger partial charge in [0.2, 0.25) is 0 Å². The predicted molar refractivity (Wildman–Crippen MR) is 102 cm³/mol. The molecule has 0 saturated heterocycles. The first-order valence-electron chi connectivity index (χ1n) is 8.20. The van der Waals surface area contributed by atoms with Gasteiger partial charge in [-0.15, -0.1) is 16.8 Å². The summed E-state index contributed by atoms with van der Waals surface area (Å²) < 4.78 is 8.06. The Labute approximate surface area is 152 Å². The average Bonchev–Trinajstić information content (AvgIpc) is 3.05. The van der Waals surface area contributed by atoms with Gasteiger partial charge in [-0.3, -0.25) is 4.57 Å². The Hall–Kier alpha value is -2.53. The molecule has 0 N–H and O–H groups in total. The van der Waals surface area contributed by atoms with E-state index in [0.29, 0.717) is 6.54 Å². The second kappa shape index (κ2) is 8.53. The van der Waals surface area contributed by atoms with Crippen molar-refractivity contribution in [2.24, 2.45) is 0 Å². The van der Waals surface area contributed by atoms with Crippen molar-refractivity contribution < 1.29 is 4.74 Å². The highest BCUT2D eigenvalue weighted by Crippen LogP contribution is 2.26. The number of rotatable bonds is 8.